The van der Waals surface area contributed by atoms with Gasteiger partial charge in [-0.1, -0.05) is 6.07 Å². The van der Waals surface area contributed by atoms with E-state index in [1.807, 2.05) is 22.9 Å². The van der Waals surface area contributed by atoms with Crippen LogP contribution < -0.4 is 16.6 Å². The van der Waals surface area contributed by atoms with E-state index in [4.69, 9.17) is 5.84 Å². The Morgan fingerprint density at radius 2 is 2.00 bits per heavy atom. The van der Waals surface area contributed by atoms with Gasteiger partial charge in [0.1, 0.15) is 5.69 Å². The smallest absolute Gasteiger partial charge is 0.251 e. The Kier molecular flexibility index (Phi) is 4.31. The molecule has 1 amide bonds. The van der Waals surface area contributed by atoms with Crippen LogP contribution in [-0.4, -0.2) is 5.91 Å². The molecule has 0 aliphatic carbocycles. The normalized spacial score (nSPS) is 12.0. The van der Waals surface area contributed by atoms with Crippen molar-refractivity contribution < 1.29 is 13.6 Å². The summed E-state index contributed by atoms with van der Waals surface area (Å²) in [7, 11) is 0. The van der Waals surface area contributed by atoms with Crippen molar-refractivity contribution in [3.05, 3.63) is 51.7 Å². The third-order valence-electron chi connectivity index (χ3n) is 2.77. The number of halogens is 2. The highest BCUT2D eigenvalue weighted by Crippen LogP contribution is 2.22. The van der Waals surface area contributed by atoms with Gasteiger partial charge < -0.3 is 10.7 Å². The Balaban J connectivity index is 2.17. The highest BCUT2D eigenvalue weighted by Gasteiger charge is 2.17. The zero-order chi connectivity index (χ0) is 14.7. The average Bonchev–Trinajstić information content (AvgIpc) is 2.92. The Bertz CT molecular complexity index is 593. The molecule has 20 heavy (non-hydrogen) atoms. The van der Waals surface area contributed by atoms with Crippen LogP contribution in [0.1, 0.15) is 28.2 Å². The summed E-state index contributed by atoms with van der Waals surface area (Å²) >= 11 is 1.49. The molecule has 1 heterocycles. The molecular formula is C13H13F2N3OS. The van der Waals surface area contributed by atoms with Gasteiger partial charge in [-0.15, -0.1) is 11.3 Å². The number of carbonyl (C=O) groups is 1. The fourth-order valence-corrected chi connectivity index (χ4v) is 2.47. The maximum atomic E-state index is 13.5. The number of hydrogen-bond acceptors (Lipinski definition) is 4. The number of nitrogen functional groups attached to an aromatic ring is 1. The van der Waals surface area contributed by atoms with E-state index in [9.17, 15) is 13.6 Å². The number of hydrogen-bond donors (Lipinski definition) is 3. The fraction of sp³-hybridized carbons (Fsp3) is 0.154. The second-order valence-electron chi connectivity index (χ2n) is 4.17. The molecule has 106 valence electrons. The summed E-state index contributed by atoms with van der Waals surface area (Å²) in [6.45, 7) is 1.80. The quantitative estimate of drug-likeness (QED) is 0.600. The van der Waals surface area contributed by atoms with Gasteiger partial charge in [0.05, 0.1) is 6.04 Å². The van der Waals surface area contributed by atoms with E-state index in [0.29, 0.717) is 0 Å². The van der Waals surface area contributed by atoms with Gasteiger partial charge in [-0.3, -0.25) is 10.6 Å². The van der Waals surface area contributed by atoms with E-state index in [2.05, 4.69) is 5.32 Å². The van der Waals surface area contributed by atoms with Crippen LogP contribution in [0, 0.1) is 11.6 Å². The van der Waals surface area contributed by atoms with Crippen molar-refractivity contribution in [2.45, 2.75) is 13.0 Å². The second-order valence-corrected chi connectivity index (χ2v) is 5.15. The molecule has 0 radical (unpaired) electrons. The van der Waals surface area contributed by atoms with Crippen LogP contribution in [-0.2, 0) is 0 Å². The summed E-state index contributed by atoms with van der Waals surface area (Å²) in [5.74, 6) is 2.61. The van der Waals surface area contributed by atoms with Crippen LogP contribution in [0.4, 0.5) is 14.5 Å². The van der Waals surface area contributed by atoms with Crippen LogP contribution in [0.2, 0.25) is 0 Å². The zero-order valence-corrected chi connectivity index (χ0v) is 11.4. The largest absolute Gasteiger partial charge is 0.345 e. The van der Waals surface area contributed by atoms with Gasteiger partial charge in [-0.05, 0) is 30.5 Å². The minimum Gasteiger partial charge on any atom is -0.345 e. The summed E-state index contributed by atoms with van der Waals surface area (Å²) in [5, 5.41) is 4.56. The Labute approximate surface area is 118 Å². The fourth-order valence-electron chi connectivity index (χ4n) is 1.73. The standard InChI is InChI=1S/C13H13F2N3OS/c1-7(11-3-2-4-20-11)17-13(19)8-5-9(14)12(18-16)10(15)6-8/h2-7,18H,16H2,1H3,(H,17,19). The van der Waals surface area contributed by atoms with Crippen LogP contribution in [0.5, 0.6) is 0 Å². The highest BCUT2D eigenvalue weighted by atomic mass is 32.1. The first-order valence-electron chi connectivity index (χ1n) is 5.83. The Hall–Kier alpha value is -1.99. The van der Waals surface area contributed by atoms with Crippen LogP contribution in [0.15, 0.2) is 29.6 Å². The molecule has 1 aromatic carbocycles. The molecule has 0 saturated heterocycles. The molecule has 1 unspecified atom stereocenters. The number of benzene rings is 1. The van der Waals surface area contributed by atoms with E-state index in [1.54, 1.807) is 6.92 Å². The van der Waals surface area contributed by atoms with Gasteiger partial charge in [-0.25, -0.2) is 8.78 Å². The van der Waals surface area contributed by atoms with Crippen molar-refractivity contribution in [2.24, 2.45) is 5.84 Å². The third kappa shape index (κ3) is 2.94. The summed E-state index contributed by atoms with van der Waals surface area (Å²) in [6.07, 6.45) is 0. The van der Waals surface area contributed by atoms with E-state index in [1.165, 1.54) is 11.3 Å². The van der Waals surface area contributed by atoms with Gasteiger partial charge >= 0.3 is 0 Å². The maximum Gasteiger partial charge on any atom is 0.251 e. The van der Waals surface area contributed by atoms with Crippen LogP contribution >= 0.6 is 11.3 Å². The lowest BCUT2D eigenvalue weighted by atomic mass is 10.1. The summed E-state index contributed by atoms with van der Waals surface area (Å²) in [4.78, 5) is 12.9. The second kappa shape index (κ2) is 5.98. The third-order valence-corrected chi connectivity index (χ3v) is 3.82. The van der Waals surface area contributed by atoms with Crippen molar-refractivity contribution in [2.75, 3.05) is 5.43 Å². The molecular weight excluding hydrogens is 284 g/mol. The molecule has 2 aromatic rings. The van der Waals surface area contributed by atoms with Gasteiger partial charge in [0.15, 0.2) is 11.6 Å². The minimum atomic E-state index is -0.915. The number of nitrogens with two attached hydrogens (primary N) is 1. The summed E-state index contributed by atoms with van der Waals surface area (Å²) in [6, 6.07) is 5.38. The SMILES string of the molecule is CC(NC(=O)c1cc(F)c(NN)c(F)c1)c1cccs1. The number of thiophene rings is 1. The van der Waals surface area contributed by atoms with Gasteiger partial charge in [-0.2, -0.15) is 0 Å². The first-order valence-corrected chi connectivity index (χ1v) is 6.70. The van der Waals surface area contributed by atoms with Gasteiger partial charge in [0, 0.05) is 10.4 Å². The molecule has 0 saturated carbocycles. The molecule has 4 nitrogen and oxygen atoms in total. The molecule has 7 heteroatoms. The monoisotopic (exact) mass is 297 g/mol. The molecule has 4 N–H and O–H groups in total. The highest BCUT2D eigenvalue weighted by molar-refractivity contribution is 7.10. The van der Waals surface area contributed by atoms with Crippen molar-refractivity contribution >= 4 is 22.9 Å². The number of nitrogens with one attached hydrogen (secondary N) is 2. The molecule has 0 aliphatic rings. The van der Waals surface area contributed by atoms with E-state index < -0.39 is 23.2 Å². The average molecular weight is 297 g/mol. The van der Waals surface area contributed by atoms with Crippen molar-refractivity contribution in [1.29, 1.82) is 0 Å². The molecule has 0 aliphatic heterocycles. The molecule has 0 fully saturated rings. The number of carbonyl (C=O) groups excluding carboxylic acids is 1. The predicted molar refractivity (Wildman–Crippen MR) is 74.4 cm³/mol. The number of amides is 1. The first-order chi connectivity index (χ1) is 9.52. The first kappa shape index (κ1) is 14.4. The van der Waals surface area contributed by atoms with Crippen LogP contribution in [0.25, 0.3) is 0 Å². The number of anilines is 1. The van der Waals surface area contributed by atoms with E-state index in [-0.39, 0.29) is 11.6 Å². The van der Waals surface area contributed by atoms with Crippen LogP contribution in [0.3, 0.4) is 0 Å². The van der Waals surface area contributed by atoms with Crippen molar-refractivity contribution in [1.82, 2.24) is 5.32 Å². The van der Waals surface area contributed by atoms with Gasteiger partial charge in [0.25, 0.3) is 5.91 Å². The maximum absolute atomic E-state index is 13.5. The Morgan fingerprint density at radius 3 is 2.50 bits per heavy atom. The zero-order valence-electron chi connectivity index (χ0n) is 10.6. The topological polar surface area (TPSA) is 67.2 Å². The number of hydrazine groups is 1. The minimum absolute atomic E-state index is 0.0950. The predicted octanol–water partition coefficient (Wildman–Crippen LogP) is 2.80. The molecule has 1 atom stereocenters. The van der Waals surface area contributed by atoms with Crippen molar-refractivity contribution in [3.8, 4) is 0 Å². The molecule has 0 spiro atoms. The molecule has 1 aromatic heterocycles. The molecule has 2 rings (SSSR count). The lowest BCUT2D eigenvalue weighted by molar-refractivity contribution is 0.0939. The summed E-state index contributed by atoms with van der Waals surface area (Å²) < 4.78 is 27.0. The van der Waals surface area contributed by atoms with Gasteiger partial charge in [0.2, 0.25) is 0 Å². The number of rotatable bonds is 4. The van der Waals surface area contributed by atoms with Crippen molar-refractivity contribution in [3.63, 3.8) is 0 Å². The molecule has 0 bridgehead atoms. The summed E-state index contributed by atoms with van der Waals surface area (Å²) in [5.41, 5.74) is 1.35. The van der Waals surface area contributed by atoms with E-state index in [0.717, 1.165) is 17.0 Å². The Morgan fingerprint density at radius 1 is 1.35 bits per heavy atom. The lowest BCUT2D eigenvalue weighted by Gasteiger charge is -2.13. The van der Waals surface area contributed by atoms with E-state index >= 15 is 0 Å². The lowest BCUT2D eigenvalue weighted by Crippen LogP contribution is -2.26.